The van der Waals surface area contributed by atoms with Crippen molar-refractivity contribution in [3.8, 4) is 0 Å². The summed E-state index contributed by atoms with van der Waals surface area (Å²) < 4.78 is 27.4. The molecule has 0 bridgehead atoms. The zero-order chi connectivity index (χ0) is 22.4. The molecule has 1 fully saturated rings. The fraction of sp³-hybridized carbons (Fsp3) is 0.304. The van der Waals surface area contributed by atoms with Crippen LogP contribution in [0, 0.1) is 12.8 Å². The summed E-state index contributed by atoms with van der Waals surface area (Å²) in [4.78, 5) is 25.5. The molecule has 0 radical (unpaired) electrons. The molecule has 2 aromatic carbocycles. The van der Waals surface area contributed by atoms with Gasteiger partial charge in [0, 0.05) is 19.6 Å². The van der Waals surface area contributed by atoms with E-state index in [1.54, 1.807) is 54.6 Å². The van der Waals surface area contributed by atoms with Gasteiger partial charge in [0.05, 0.1) is 22.1 Å². The molecule has 1 aliphatic rings. The maximum absolute atomic E-state index is 13.0. The lowest BCUT2D eigenvalue weighted by atomic mass is 9.98. The van der Waals surface area contributed by atoms with Crippen molar-refractivity contribution in [3.63, 3.8) is 0 Å². The average Bonchev–Trinajstić information content (AvgIpc) is 2.78. The molecule has 1 unspecified atom stereocenters. The number of hydrogen-bond donors (Lipinski definition) is 2. The molecule has 8 heteroatoms. The van der Waals surface area contributed by atoms with Gasteiger partial charge >= 0.3 is 0 Å². The van der Waals surface area contributed by atoms with Crippen molar-refractivity contribution in [2.75, 3.05) is 25.0 Å². The third-order valence-electron chi connectivity index (χ3n) is 5.25. The fourth-order valence-electron chi connectivity index (χ4n) is 3.52. The van der Waals surface area contributed by atoms with E-state index in [0.29, 0.717) is 37.2 Å². The number of aryl methyl sites for hydroxylation is 1. The molecule has 0 saturated carbocycles. The summed E-state index contributed by atoms with van der Waals surface area (Å²) in [6.07, 6.45) is 2.74. The van der Waals surface area contributed by atoms with E-state index in [1.807, 2.05) is 6.92 Å². The number of para-hydroxylation sites is 1. The number of nitrogens with zero attached hydrogens (tertiary/aromatic N) is 1. The molecule has 0 aromatic heterocycles. The number of amides is 2. The van der Waals surface area contributed by atoms with Crippen molar-refractivity contribution in [2.45, 2.75) is 24.7 Å². The van der Waals surface area contributed by atoms with E-state index in [4.69, 9.17) is 0 Å². The van der Waals surface area contributed by atoms with Crippen LogP contribution in [0.4, 0.5) is 5.69 Å². The Labute approximate surface area is 183 Å². The highest BCUT2D eigenvalue weighted by Crippen LogP contribution is 2.25. The molecule has 0 aliphatic carbocycles. The van der Waals surface area contributed by atoms with Crippen LogP contribution < -0.4 is 10.6 Å². The van der Waals surface area contributed by atoms with Crippen LogP contribution in [0.3, 0.4) is 0 Å². The molecule has 1 heterocycles. The van der Waals surface area contributed by atoms with Gasteiger partial charge in [-0.15, -0.1) is 6.58 Å². The minimum atomic E-state index is -3.67. The molecule has 2 aromatic rings. The van der Waals surface area contributed by atoms with E-state index in [9.17, 15) is 18.0 Å². The number of carbonyl (C=O) groups is 2. The van der Waals surface area contributed by atoms with E-state index in [2.05, 4.69) is 17.2 Å². The lowest BCUT2D eigenvalue weighted by molar-refractivity contribution is -0.120. The minimum absolute atomic E-state index is 0.104. The molecule has 1 atom stereocenters. The Bertz CT molecular complexity index is 1060. The maximum Gasteiger partial charge on any atom is 0.253 e. The van der Waals surface area contributed by atoms with Gasteiger partial charge in [-0.2, -0.15) is 4.31 Å². The van der Waals surface area contributed by atoms with Crippen LogP contribution in [0.2, 0.25) is 0 Å². The Balaban J connectivity index is 1.73. The van der Waals surface area contributed by atoms with Gasteiger partial charge in [-0.25, -0.2) is 8.42 Å². The predicted molar refractivity (Wildman–Crippen MR) is 120 cm³/mol. The monoisotopic (exact) mass is 441 g/mol. The summed E-state index contributed by atoms with van der Waals surface area (Å²) in [5, 5.41) is 5.50. The van der Waals surface area contributed by atoms with E-state index < -0.39 is 15.9 Å². The summed E-state index contributed by atoms with van der Waals surface area (Å²) >= 11 is 0. The molecule has 1 aliphatic heterocycles. The zero-order valence-electron chi connectivity index (χ0n) is 17.5. The first-order valence-electron chi connectivity index (χ1n) is 10.2. The van der Waals surface area contributed by atoms with Crippen molar-refractivity contribution >= 4 is 27.5 Å². The number of benzene rings is 2. The van der Waals surface area contributed by atoms with Crippen molar-refractivity contribution in [3.05, 3.63) is 72.3 Å². The van der Waals surface area contributed by atoms with Crippen LogP contribution in [0.15, 0.2) is 66.1 Å². The second kappa shape index (κ2) is 9.89. The molecule has 3 rings (SSSR count). The van der Waals surface area contributed by atoms with Gasteiger partial charge in [0.2, 0.25) is 15.9 Å². The van der Waals surface area contributed by atoms with Gasteiger partial charge in [-0.1, -0.05) is 35.9 Å². The second-order valence-corrected chi connectivity index (χ2v) is 9.49. The molecule has 0 spiro atoms. The highest BCUT2D eigenvalue weighted by molar-refractivity contribution is 7.89. The predicted octanol–water partition coefficient (Wildman–Crippen LogP) is 2.95. The molecule has 2 N–H and O–H groups in total. The first kappa shape index (κ1) is 22.7. The lowest BCUT2D eigenvalue weighted by Gasteiger charge is -2.31. The van der Waals surface area contributed by atoms with Crippen molar-refractivity contribution in [2.24, 2.45) is 5.92 Å². The van der Waals surface area contributed by atoms with E-state index >= 15 is 0 Å². The van der Waals surface area contributed by atoms with Crippen LogP contribution in [0.25, 0.3) is 0 Å². The van der Waals surface area contributed by atoms with Crippen LogP contribution in [0.1, 0.15) is 28.8 Å². The highest BCUT2D eigenvalue weighted by atomic mass is 32.2. The topological polar surface area (TPSA) is 95.6 Å². The third-order valence-corrected chi connectivity index (χ3v) is 7.13. The molecule has 7 nitrogen and oxygen atoms in total. The Kier molecular flexibility index (Phi) is 7.25. The molecular formula is C23H27N3O4S. The SMILES string of the molecule is C=CCNC(=O)c1ccccc1NC(=O)C1CCCN(S(=O)(=O)c2ccc(C)cc2)C1. The zero-order valence-corrected chi connectivity index (χ0v) is 18.3. The maximum atomic E-state index is 13.0. The number of piperidine rings is 1. The molecule has 2 amide bonds. The number of sulfonamides is 1. The average molecular weight is 442 g/mol. The van der Waals surface area contributed by atoms with Gasteiger partial charge in [0.1, 0.15) is 0 Å². The Morgan fingerprint density at radius 2 is 1.87 bits per heavy atom. The van der Waals surface area contributed by atoms with Crippen LogP contribution in [-0.2, 0) is 14.8 Å². The number of rotatable bonds is 7. The Morgan fingerprint density at radius 1 is 1.16 bits per heavy atom. The molecule has 1 saturated heterocycles. The number of nitrogens with one attached hydrogen (secondary N) is 2. The van der Waals surface area contributed by atoms with E-state index in [0.717, 1.165) is 5.56 Å². The number of anilines is 1. The van der Waals surface area contributed by atoms with Gasteiger partial charge in [0.15, 0.2) is 0 Å². The van der Waals surface area contributed by atoms with Crippen LogP contribution in [-0.4, -0.2) is 44.2 Å². The summed E-state index contributed by atoms with van der Waals surface area (Å²) in [5.74, 6) is -1.12. The summed E-state index contributed by atoms with van der Waals surface area (Å²) in [6, 6.07) is 13.4. The lowest BCUT2D eigenvalue weighted by Crippen LogP contribution is -2.43. The number of hydrogen-bond acceptors (Lipinski definition) is 4. The molecule has 164 valence electrons. The normalized spacial score (nSPS) is 17.0. The smallest absolute Gasteiger partial charge is 0.253 e. The van der Waals surface area contributed by atoms with Crippen molar-refractivity contribution in [1.82, 2.24) is 9.62 Å². The fourth-order valence-corrected chi connectivity index (χ4v) is 5.04. The van der Waals surface area contributed by atoms with Gasteiger partial charge in [-0.05, 0) is 44.0 Å². The summed E-state index contributed by atoms with van der Waals surface area (Å²) in [6.45, 7) is 6.26. The van der Waals surface area contributed by atoms with Gasteiger partial charge in [0.25, 0.3) is 5.91 Å². The second-order valence-electron chi connectivity index (χ2n) is 7.55. The summed E-state index contributed by atoms with van der Waals surface area (Å²) in [5.41, 5.74) is 1.72. The minimum Gasteiger partial charge on any atom is -0.349 e. The van der Waals surface area contributed by atoms with Crippen LogP contribution >= 0.6 is 0 Å². The van der Waals surface area contributed by atoms with Crippen molar-refractivity contribution < 1.29 is 18.0 Å². The standard InChI is InChI=1S/C23H27N3O4S/c1-3-14-24-23(28)20-8-4-5-9-21(20)25-22(27)18-7-6-15-26(16-18)31(29,30)19-12-10-17(2)11-13-19/h3-5,8-13,18H,1,6-7,14-16H2,2H3,(H,24,28)(H,25,27). The van der Waals surface area contributed by atoms with Gasteiger partial charge < -0.3 is 10.6 Å². The first-order valence-corrected chi connectivity index (χ1v) is 11.6. The van der Waals surface area contributed by atoms with Crippen molar-refractivity contribution in [1.29, 1.82) is 0 Å². The first-order chi connectivity index (χ1) is 14.8. The van der Waals surface area contributed by atoms with Crippen LogP contribution in [0.5, 0.6) is 0 Å². The third kappa shape index (κ3) is 5.39. The largest absolute Gasteiger partial charge is 0.349 e. The number of carbonyl (C=O) groups excluding carboxylic acids is 2. The Hall–Kier alpha value is -2.97. The highest BCUT2D eigenvalue weighted by Gasteiger charge is 2.33. The molecular weight excluding hydrogens is 414 g/mol. The van der Waals surface area contributed by atoms with Gasteiger partial charge in [-0.3, -0.25) is 9.59 Å². The van der Waals surface area contributed by atoms with E-state index in [1.165, 1.54) is 4.31 Å². The molecule has 31 heavy (non-hydrogen) atoms. The van der Waals surface area contributed by atoms with E-state index in [-0.39, 0.29) is 23.3 Å². The Morgan fingerprint density at radius 3 is 2.58 bits per heavy atom. The summed E-state index contributed by atoms with van der Waals surface area (Å²) in [7, 11) is -3.67. The quantitative estimate of drug-likeness (QED) is 0.646.